The smallest absolute Gasteiger partial charge is 0.0637 e. The largest absolute Gasteiger partial charge is 0.384 e. The summed E-state index contributed by atoms with van der Waals surface area (Å²) in [5.41, 5.74) is -0.0447. The highest BCUT2D eigenvalue weighted by Crippen LogP contribution is 2.15. The monoisotopic (exact) mass is 217 g/mol. The van der Waals surface area contributed by atoms with E-state index in [4.69, 9.17) is 9.47 Å². The second-order valence-electron chi connectivity index (χ2n) is 5.04. The van der Waals surface area contributed by atoms with Crippen LogP contribution in [-0.4, -0.2) is 39.0 Å². The van der Waals surface area contributed by atoms with E-state index in [1.165, 1.54) is 0 Å². The van der Waals surface area contributed by atoms with Gasteiger partial charge in [-0.15, -0.1) is 0 Å². The lowest BCUT2D eigenvalue weighted by Crippen LogP contribution is -2.38. The minimum Gasteiger partial charge on any atom is -0.384 e. The Bertz CT molecular complexity index is 160. The lowest BCUT2D eigenvalue weighted by atomic mass is 9.99. The molecule has 0 aliphatic heterocycles. The summed E-state index contributed by atoms with van der Waals surface area (Å²) in [5, 5.41) is 3.50. The average Bonchev–Trinajstić information content (AvgIpc) is 2.15. The van der Waals surface area contributed by atoms with Gasteiger partial charge in [0, 0.05) is 33.4 Å². The van der Waals surface area contributed by atoms with Crippen LogP contribution in [-0.2, 0) is 9.47 Å². The maximum Gasteiger partial charge on any atom is 0.0637 e. The van der Waals surface area contributed by atoms with Crippen molar-refractivity contribution in [2.24, 2.45) is 5.92 Å². The van der Waals surface area contributed by atoms with Gasteiger partial charge in [-0.1, -0.05) is 6.92 Å². The Hall–Kier alpha value is -0.120. The molecular weight excluding hydrogens is 190 g/mol. The summed E-state index contributed by atoms with van der Waals surface area (Å²) in [4.78, 5) is 0. The van der Waals surface area contributed by atoms with Crippen molar-refractivity contribution in [3.05, 3.63) is 0 Å². The van der Waals surface area contributed by atoms with E-state index in [2.05, 4.69) is 33.0 Å². The summed E-state index contributed by atoms with van der Waals surface area (Å²) in [6, 6.07) is 0.472. The van der Waals surface area contributed by atoms with E-state index in [0.717, 1.165) is 19.6 Å². The molecule has 1 N–H and O–H groups in total. The topological polar surface area (TPSA) is 30.5 Å². The van der Waals surface area contributed by atoms with Crippen LogP contribution in [0.4, 0.5) is 0 Å². The van der Waals surface area contributed by atoms with Crippen LogP contribution >= 0.6 is 0 Å². The van der Waals surface area contributed by atoms with Gasteiger partial charge in [0.15, 0.2) is 0 Å². The van der Waals surface area contributed by atoms with Crippen LogP contribution in [0.3, 0.4) is 0 Å². The molecule has 0 aromatic carbocycles. The van der Waals surface area contributed by atoms with Gasteiger partial charge in [-0.05, 0) is 33.1 Å². The van der Waals surface area contributed by atoms with Crippen LogP contribution < -0.4 is 5.32 Å². The highest BCUT2D eigenvalue weighted by Gasteiger charge is 2.19. The molecule has 0 radical (unpaired) electrons. The van der Waals surface area contributed by atoms with Crippen molar-refractivity contribution in [3.8, 4) is 0 Å². The van der Waals surface area contributed by atoms with E-state index < -0.39 is 0 Å². The summed E-state index contributed by atoms with van der Waals surface area (Å²) in [6.45, 7) is 10.4. The van der Waals surface area contributed by atoms with Gasteiger partial charge in [-0.25, -0.2) is 0 Å². The minimum atomic E-state index is -0.0447. The molecule has 0 fully saturated rings. The van der Waals surface area contributed by atoms with Gasteiger partial charge < -0.3 is 14.8 Å². The molecule has 0 saturated carbocycles. The number of nitrogens with one attached hydrogen (secondary N) is 1. The normalized spacial score (nSPS) is 16.4. The highest BCUT2D eigenvalue weighted by molar-refractivity contribution is 4.75. The van der Waals surface area contributed by atoms with Crippen molar-refractivity contribution in [1.29, 1.82) is 0 Å². The molecule has 0 bridgehead atoms. The third kappa shape index (κ3) is 7.77. The molecule has 0 saturated heterocycles. The summed E-state index contributed by atoms with van der Waals surface area (Å²) >= 11 is 0. The molecule has 0 heterocycles. The molecule has 0 spiro atoms. The second-order valence-corrected chi connectivity index (χ2v) is 5.04. The Morgan fingerprint density at radius 1 is 1.20 bits per heavy atom. The molecule has 2 atom stereocenters. The summed E-state index contributed by atoms with van der Waals surface area (Å²) < 4.78 is 10.5. The molecule has 3 heteroatoms. The molecule has 92 valence electrons. The van der Waals surface area contributed by atoms with Crippen molar-refractivity contribution in [2.45, 2.75) is 45.8 Å². The van der Waals surface area contributed by atoms with E-state index >= 15 is 0 Å². The SMILES string of the molecule is COCC(C)CNC(C)CC(C)(C)OC. The van der Waals surface area contributed by atoms with E-state index in [-0.39, 0.29) is 5.60 Å². The number of ether oxygens (including phenoxy) is 2. The van der Waals surface area contributed by atoms with E-state index in [0.29, 0.717) is 12.0 Å². The Morgan fingerprint density at radius 2 is 1.80 bits per heavy atom. The van der Waals surface area contributed by atoms with E-state index in [9.17, 15) is 0 Å². The maximum absolute atomic E-state index is 5.40. The summed E-state index contributed by atoms with van der Waals surface area (Å²) in [7, 11) is 3.51. The standard InChI is InChI=1S/C12H27NO2/c1-10(9-14-5)8-13-11(2)7-12(3,4)15-6/h10-11,13H,7-9H2,1-6H3. The number of methoxy groups -OCH3 is 2. The van der Waals surface area contributed by atoms with E-state index in [1.807, 2.05) is 0 Å². The molecule has 0 aromatic rings. The van der Waals surface area contributed by atoms with Gasteiger partial charge in [0.25, 0.3) is 0 Å². The fraction of sp³-hybridized carbons (Fsp3) is 1.00. The van der Waals surface area contributed by atoms with Crippen LogP contribution in [0, 0.1) is 5.92 Å². The quantitative estimate of drug-likeness (QED) is 0.675. The first-order valence-corrected chi connectivity index (χ1v) is 5.68. The third-order valence-electron chi connectivity index (χ3n) is 2.62. The van der Waals surface area contributed by atoms with Gasteiger partial charge in [0.1, 0.15) is 0 Å². The van der Waals surface area contributed by atoms with Crippen LogP contribution in [0.5, 0.6) is 0 Å². The third-order valence-corrected chi connectivity index (χ3v) is 2.62. The molecule has 0 aliphatic rings. The van der Waals surface area contributed by atoms with Gasteiger partial charge in [-0.2, -0.15) is 0 Å². The minimum absolute atomic E-state index is 0.0447. The molecule has 0 rings (SSSR count). The second kappa shape index (κ2) is 7.20. The van der Waals surface area contributed by atoms with Crippen LogP contribution in [0.25, 0.3) is 0 Å². The Kier molecular flexibility index (Phi) is 7.14. The van der Waals surface area contributed by atoms with Crippen LogP contribution in [0.2, 0.25) is 0 Å². The lowest BCUT2D eigenvalue weighted by Gasteiger charge is -2.27. The summed E-state index contributed by atoms with van der Waals surface area (Å²) in [5.74, 6) is 0.558. The van der Waals surface area contributed by atoms with Crippen molar-refractivity contribution in [1.82, 2.24) is 5.32 Å². The number of rotatable bonds is 8. The van der Waals surface area contributed by atoms with Crippen LogP contribution in [0.1, 0.15) is 34.1 Å². The maximum atomic E-state index is 5.40. The lowest BCUT2D eigenvalue weighted by molar-refractivity contribution is 0.00809. The van der Waals surface area contributed by atoms with Gasteiger partial charge in [0.05, 0.1) is 5.60 Å². The predicted octanol–water partition coefficient (Wildman–Crippen LogP) is 2.06. The molecule has 0 aliphatic carbocycles. The number of hydrogen-bond donors (Lipinski definition) is 1. The van der Waals surface area contributed by atoms with Crippen molar-refractivity contribution >= 4 is 0 Å². The molecule has 0 amide bonds. The van der Waals surface area contributed by atoms with Crippen molar-refractivity contribution in [2.75, 3.05) is 27.4 Å². The Balaban J connectivity index is 3.70. The number of hydrogen-bond acceptors (Lipinski definition) is 3. The fourth-order valence-electron chi connectivity index (χ4n) is 1.64. The highest BCUT2D eigenvalue weighted by atomic mass is 16.5. The molecular formula is C12H27NO2. The predicted molar refractivity (Wildman–Crippen MR) is 64.2 cm³/mol. The van der Waals surface area contributed by atoms with Crippen molar-refractivity contribution < 1.29 is 9.47 Å². The molecule has 3 nitrogen and oxygen atoms in total. The summed E-state index contributed by atoms with van der Waals surface area (Å²) in [6.07, 6.45) is 1.02. The fourth-order valence-corrected chi connectivity index (χ4v) is 1.64. The molecule has 15 heavy (non-hydrogen) atoms. The van der Waals surface area contributed by atoms with E-state index in [1.54, 1.807) is 14.2 Å². The first kappa shape index (κ1) is 14.9. The van der Waals surface area contributed by atoms with Gasteiger partial charge in [-0.3, -0.25) is 0 Å². The first-order chi connectivity index (χ1) is 6.91. The zero-order valence-corrected chi connectivity index (χ0v) is 11.1. The van der Waals surface area contributed by atoms with Gasteiger partial charge >= 0.3 is 0 Å². The zero-order chi connectivity index (χ0) is 11.9. The zero-order valence-electron chi connectivity index (χ0n) is 11.1. The first-order valence-electron chi connectivity index (χ1n) is 5.68. The Labute approximate surface area is 94.5 Å². The molecule has 0 aromatic heterocycles. The van der Waals surface area contributed by atoms with Gasteiger partial charge in [0.2, 0.25) is 0 Å². The van der Waals surface area contributed by atoms with Crippen LogP contribution in [0.15, 0.2) is 0 Å². The molecule has 2 unspecified atom stereocenters. The van der Waals surface area contributed by atoms with Crippen molar-refractivity contribution in [3.63, 3.8) is 0 Å². The Morgan fingerprint density at radius 3 is 2.27 bits per heavy atom. The average molecular weight is 217 g/mol.